The average molecular weight is 235 g/mol. The third-order valence-electron chi connectivity index (χ3n) is 1.84. The van der Waals surface area contributed by atoms with Gasteiger partial charge in [-0.2, -0.15) is 0 Å². The first-order chi connectivity index (χ1) is 6.92. The van der Waals surface area contributed by atoms with Crippen molar-refractivity contribution in [2.75, 3.05) is 28.4 Å². The third-order valence-corrected chi connectivity index (χ3v) is 3.82. The Balaban J connectivity index is 4.55. The van der Waals surface area contributed by atoms with E-state index >= 15 is 0 Å². The highest BCUT2D eigenvalue weighted by atomic mass is 28.4. The first kappa shape index (κ1) is 14.1. The standard InChI is InChI=1S/C8H17NO5Si/c1-7(10)9(3)8(2)14-15(11-4,12-5)13-6/h2H2,1,3-6H3. The van der Waals surface area contributed by atoms with Crippen LogP contribution in [0.4, 0.5) is 0 Å². The SMILES string of the molecule is C=C(O[Si](OC)(OC)OC)N(C)C(C)=O. The van der Waals surface area contributed by atoms with Crippen LogP contribution in [0.25, 0.3) is 0 Å². The van der Waals surface area contributed by atoms with Crippen molar-refractivity contribution in [2.45, 2.75) is 6.92 Å². The summed E-state index contributed by atoms with van der Waals surface area (Å²) in [6.07, 6.45) is 0. The molecule has 0 aromatic heterocycles. The van der Waals surface area contributed by atoms with Crippen LogP contribution >= 0.6 is 0 Å². The molecule has 0 atom stereocenters. The molecule has 7 heteroatoms. The number of hydrogen-bond donors (Lipinski definition) is 0. The molecule has 0 rings (SSSR count). The zero-order valence-electron chi connectivity index (χ0n) is 9.70. The van der Waals surface area contributed by atoms with Crippen LogP contribution in [0.3, 0.4) is 0 Å². The molecule has 0 aromatic carbocycles. The van der Waals surface area contributed by atoms with E-state index in [9.17, 15) is 4.79 Å². The van der Waals surface area contributed by atoms with E-state index in [1.54, 1.807) is 0 Å². The van der Waals surface area contributed by atoms with E-state index in [0.717, 1.165) is 0 Å². The second-order valence-electron chi connectivity index (χ2n) is 2.69. The van der Waals surface area contributed by atoms with Gasteiger partial charge in [0.05, 0.1) is 0 Å². The molecule has 0 aliphatic heterocycles. The minimum Gasteiger partial charge on any atom is -0.466 e. The molecule has 6 nitrogen and oxygen atoms in total. The molecule has 0 saturated carbocycles. The van der Waals surface area contributed by atoms with E-state index in [4.69, 9.17) is 17.7 Å². The Kier molecular flexibility index (Phi) is 5.51. The quantitative estimate of drug-likeness (QED) is 0.490. The summed E-state index contributed by atoms with van der Waals surface area (Å²) < 4.78 is 20.3. The fraction of sp³-hybridized carbons (Fsp3) is 0.625. The van der Waals surface area contributed by atoms with Gasteiger partial charge in [0.25, 0.3) is 0 Å². The minimum absolute atomic E-state index is 0.125. The number of rotatable bonds is 6. The smallest absolute Gasteiger partial charge is 0.466 e. The molecule has 0 radical (unpaired) electrons. The van der Waals surface area contributed by atoms with Gasteiger partial charge in [-0.15, -0.1) is 0 Å². The Morgan fingerprint density at radius 2 is 1.60 bits per heavy atom. The van der Waals surface area contributed by atoms with Crippen LogP contribution in [-0.4, -0.2) is 48.2 Å². The summed E-state index contributed by atoms with van der Waals surface area (Å²) >= 11 is 0. The second kappa shape index (κ2) is 5.86. The van der Waals surface area contributed by atoms with Crippen LogP contribution in [0.1, 0.15) is 6.92 Å². The molecule has 0 aromatic rings. The van der Waals surface area contributed by atoms with E-state index in [1.165, 1.54) is 40.2 Å². The van der Waals surface area contributed by atoms with Crippen molar-refractivity contribution in [2.24, 2.45) is 0 Å². The van der Waals surface area contributed by atoms with E-state index < -0.39 is 9.05 Å². The Labute approximate surface area is 90.9 Å². The van der Waals surface area contributed by atoms with Crippen molar-refractivity contribution >= 4 is 15.0 Å². The van der Waals surface area contributed by atoms with Crippen LogP contribution in [0.15, 0.2) is 12.5 Å². The molecule has 1 amide bonds. The van der Waals surface area contributed by atoms with Crippen molar-refractivity contribution in [1.29, 1.82) is 0 Å². The van der Waals surface area contributed by atoms with Crippen LogP contribution in [-0.2, 0) is 22.5 Å². The van der Waals surface area contributed by atoms with E-state index in [0.29, 0.717) is 0 Å². The van der Waals surface area contributed by atoms with Crippen LogP contribution in [0, 0.1) is 0 Å². The van der Waals surface area contributed by atoms with Gasteiger partial charge in [-0.25, -0.2) is 0 Å². The van der Waals surface area contributed by atoms with Gasteiger partial charge in [0.2, 0.25) is 5.91 Å². The predicted molar refractivity (Wildman–Crippen MR) is 55.5 cm³/mol. The van der Waals surface area contributed by atoms with Gasteiger partial charge in [0.15, 0.2) is 5.88 Å². The van der Waals surface area contributed by atoms with Crippen molar-refractivity contribution in [1.82, 2.24) is 4.90 Å². The molecule has 88 valence electrons. The summed E-state index contributed by atoms with van der Waals surface area (Å²) in [6.45, 7) is 4.98. The lowest BCUT2D eigenvalue weighted by Crippen LogP contribution is -2.47. The van der Waals surface area contributed by atoms with Crippen LogP contribution < -0.4 is 0 Å². The van der Waals surface area contributed by atoms with Gasteiger partial charge >= 0.3 is 9.05 Å². The number of hydrogen-bond acceptors (Lipinski definition) is 5. The maximum Gasteiger partial charge on any atom is 0.749 e. The lowest BCUT2D eigenvalue weighted by molar-refractivity contribution is -0.128. The number of nitrogens with zero attached hydrogens (tertiary/aromatic N) is 1. The van der Waals surface area contributed by atoms with Crippen LogP contribution in [0.2, 0.25) is 0 Å². The van der Waals surface area contributed by atoms with Crippen molar-refractivity contribution < 1.29 is 22.5 Å². The van der Waals surface area contributed by atoms with Gasteiger partial charge in [-0.1, -0.05) is 0 Å². The van der Waals surface area contributed by atoms with Crippen molar-refractivity contribution in [3.05, 3.63) is 12.5 Å². The Hall–Kier alpha value is -0.893. The molecule has 0 spiro atoms. The van der Waals surface area contributed by atoms with Gasteiger partial charge in [0, 0.05) is 35.3 Å². The van der Waals surface area contributed by atoms with Gasteiger partial charge in [-0.05, 0) is 6.58 Å². The molecule has 0 unspecified atom stereocenters. The highest BCUT2D eigenvalue weighted by Crippen LogP contribution is 2.14. The van der Waals surface area contributed by atoms with Crippen molar-refractivity contribution in [3.63, 3.8) is 0 Å². The molecule has 0 bridgehead atoms. The summed E-state index contributed by atoms with van der Waals surface area (Å²) in [5.41, 5.74) is 0. The predicted octanol–water partition coefficient (Wildman–Crippen LogP) is 0.327. The lowest BCUT2D eigenvalue weighted by atomic mass is 10.6. The number of carbonyl (C=O) groups excluding carboxylic acids is 1. The Morgan fingerprint density at radius 1 is 1.20 bits per heavy atom. The largest absolute Gasteiger partial charge is 0.749 e. The third kappa shape index (κ3) is 3.63. The summed E-state index contributed by atoms with van der Waals surface area (Å²) in [5.74, 6) is -0.0778. The van der Waals surface area contributed by atoms with Crippen LogP contribution in [0.5, 0.6) is 0 Å². The molecule has 0 saturated heterocycles. The molecule has 0 heterocycles. The lowest BCUT2D eigenvalue weighted by Gasteiger charge is -2.27. The second-order valence-corrected chi connectivity index (χ2v) is 5.12. The summed E-state index contributed by atoms with van der Waals surface area (Å²) in [5, 5.41) is 0. The van der Waals surface area contributed by atoms with Gasteiger partial charge in [-0.3, -0.25) is 9.69 Å². The number of carbonyl (C=O) groups is 1. The first-order valence-corrected chi connectivity index (χ1v) is 5.83. The maximum atomic E-state index is 11.0. The molecule has 0 aliphatic carbocycles. The average Bonchev–Trinajstić information content (AvgIpc) is 2.24. The zero-order valence-corrected chi connectivity index (χ0v) is 10.7. The first-order valence-electron chi connectivity index (χ1n) is 4.20. The van der Waals surface area contributed by atoms with E-state index in [2.05, 4.69) is 6.58 Å². The van der Waals surface area contributed by atoms with E-state index in [-0.39, 0.29) is 11.8 Å². The molecular weight excluding hydrogens is 218 g/mol. The van der Waals surface area contributed by atoms with Crippen molar-refractivity contribution in [3.8, 4) is 0 Å². The monoisotopic (exact) mass is 235 g/mol. The minimum atomic E-state index is -3.18. The zero-order chi connectivity index (χ0) is 12.1. The Morgan fingerprint density at radius 3 is 1.87 bits per heavy atom. The summed E-state index contributed by atoms with van der Waals surface area (Å²) in [7, 11) is 2.56. The molecule has 15 heavy (non-hydrogen) atoms. The highest BCUT2D eigenvalue weighted by molar-refractivity contribution is 6.53. The fourth-order valence-electron chi connectivity index (χ4n) is 0.763. The molecule has 0 N–H and O–H groups in total. The summed E-state index contributed by atoms with van der Waals surface area (Å²) in [6, 6.07) is 0. The Bertz CT molecular complexity index is 233. The highest BCUT2D eigenvalue weighted by Gasteiger charge is 2.46. The topological polar surface area (TPSA) is 57.2 Å². The molecular formula is C8H17NO5Si. The normalized spacial score (nSPS) is 11.0. The fourth-order valence-corrected chi connectivity index (χ4v) is 1.94. The molecule has 0 aliphatic rings. The number of amides is 1. The van der Waals surface area contributed by atoms with Gasteiger partial charge < -0.3 is 17.7 Å². The maximum absolute atomic E-state index is 11.0. The van der Waals surface area contributed by atoms with E-state index in [1.807, 2.05) is 0 Å². The van der Waals surface area contributed by atoms with Gasteiger partial charge in [0.1, 0.15) is 0 Å². The molecule has 0 fully saturated rings. The summed E-state index contributed by atoms with van der Waals surface area (Å²) in [4.78, 5) is 12.2.